The van der Waals surface area contributed by atoms with Crippen LogP contribution in [0.4, 0.5) is 74.6 Å². The van der Waals surface area contributed by atoms with Crippen LogP contribution in [-0.2, 0) is 4.79 Å². The molecule has 0 aromatic carbocycles. The Kier molecular flexibility index (Phi) is 7.00. The molecule has 0 radical (unpaired) electrons. The van der Waals surface area contributed by atoms with Gasteiger partial charge in [0.15, 0.2) is 0 Å². The van der Waals surface area contributed by atoms with E-state index in [1.807, 2.05) is 0 Å². The smallest absolute Gasteiger partial charge is 0.460 e. The zero-order valence-electron chi connectivity index (χ0n) is 12.8. The lowest BCUT2D eigenvalue weighted by Gasteiger charge is -2.42. The standard InChI is InChI=1S/C9HF17O2.H3N/c10-2(11,1(27)28)3(12,13)4(14,15)5(16,17)6(18,19)7(20,21)8(22,23)9(24,25)26;/h(H,27,28);1H3/p+1. The number of hydrogen-bond donors (Lipinski definition) is 2. The first kappa shape index (κ1) is 29.4. The van der Waals surface area contributed by atoms with Crippen molar-refractivity contribution in [3.05, 3.63) is 0 Å². The lowest BCUT2D eigenvalue weighted by Crippen LogP contribution is -2.75. The maximum Gasteiger partial charge on any atom is 0.460 e. The minimum Gasteiger partial charge on any atom is -0.477 e. The van der Waals surface area contributed by atoms with Gasteiger partial charge in [0.05, 0.1) is 0 Å². The van der Waals surface area contributed by atoms with Crippen LogP contribution in [0, 0.1) is 0 Å². The van der Waals surface area contributed by atoms with E-state index in [1.54, 1.807) is 0 Å². The van der Waals surface area contributed by atoms with Crippen LogP contribution in [0.15, 0.2) is 0 Å². The summed E-state index contributed by atoms with van der Waals surface area (Å²) in [6.45, 7) is 0. The molecular formula is C9H5F17NO2+. The van der Waals surface area contributed by atoms with Crippen molar-refractivity contribution in [3.63, 3.8) is 0 Å². The molecule has 0 saturated heterocycles. The van der Waals surface area contributed by atoms with Gasteiger partial charge in [-0.1, -0.05) is 0 Å². The predicted molar refractivity (Wildman–Crippen MR) is 54.3 cm³/mol. The summed E-state index contributed by atoms with van der Waals surface area (Å²) in [5.74, 6) is -62.9. The van der Waals surface area contributed by atoms with Gasteiger partial charge in [-0.3, -0.25) is 0 Å². The quantitative estimate of drug-likeness (QED) is 0.474. The average Bonchev–Trinajstić information content (AvgIpc) is 2.44. The van der Waals surface area contributed by atoms with Crippen molar-refractivity contribution in [3.8, 4) is 0 Å². The van der Waals surface area contributed by atoms with Gasteiger partial charge in [0.25, 0.3) is 0 Å². The summed E-state index contributed by atoms with van der Waals surface area (Å²) < 4.78 is 214. The zero-order chi connectivity index (χ0) is 23.6. The van der Waals surface area contributed by atoms with Gasteiger partial charge in [-0.25, -0.2) is 4.79 Å². The minimum atomic E-state index is -8.76. The monoisotopic (exact) mass is 482 g/mol. The minimum absolute atomic E-state index is 0. The summed E-state index contributed by atoms with van der Waals surface area (Å²) in [4.78, 5) is 9.77. The van der Waals surface area contributed by atoms with E-state index in [4.69, 9.17) is 5.11 Å². The lowest BCUT2D eigenvalue weighted by atomic mass is 9.89. The van der Waals surface area contributed by atoms with Gasteiger partial charge in [-0.15, -0.1) is 0 Å². The molecule has 0 aliphatic rings. The summed E-state index contributed by atoms with van der Waals surface area (Å²) in [6, 6.07) is 0. The van der Waals surface area contributed by atoms with E-state index in [2.05, 4.69) is 0 Å². The van der Waals surface area contributed by atoms with Crippen molar-refractivity contribution in [2.75, 3.05) is 0 Å². The molecule has 0 fully saturated rings. The summed E-state index contributed by atoms with van der Waals surface area (Å²) in [5, 5.41) is 7.59. The molecule has 0 amide bonds. The van der Waals surface area contributed by atoms with Crippen LogP contribution >= 0.6 is 0 Å². The first-order valence-corrected chi connectivity index (χ1v) is 5.64. The van der Waals surface area contributed by atoms with Crippen LogP contribution in [0.1, 0.15) is 0 Å². The van der Waals surface area contributed by atoms with E-state index in [-0.39, 0.29) is 6.15 Å². The Hall–Kier alpha value is -1.76. The van der Waals surface area contributed by atoms with Gasteiger partial charge in [0.1, 0.15) is 0 Å². The maximum atomic E-state index is 13.0. The van der Waals surface area contributed by atoms with Gasteiger partial charge in [-0.2, -0.15) is 74.6 Å². The fraction of sp³-hybridized carbons (Fsp3) is 0.889. The number of rotatable bonds is 7. The van der Waals surface area contributed by atoms with E-state index in [9.17, 15) is 79.4 Å². The molecule has 3 nitrogen and oxygen atoms in total. The fourth-order valence-electron chi connectivity index (χ4n) is 1.30. The molecule has 0 atom stereocenters. The second-order valence-electron chi connectivity index (χ2n) is 4.82. The number of carbonyl (C=O) groups is 1. The van der Waals surface area contributed by atoms with Crippen LogP contribution in [0.2, 0.25) is 0 Å². The van der Waals surface area contributed by atoms with Crippen LogP contribution in [0.3, 0.4) is 0 Å². The molecule has 176 valence electrons. The molecule has 0 rings (SSSR count). The topological polar surface area (TPSA) is 73.8 Å². The molecule has 0 aliphatic carbocycles. The molecule has 29 heavy (non-hydrogen) atoms. The third kappa shape index (κ3) is 3.41. The van der Waals surface area contributed by atoms with E-state index in [1.165, 1.54) is 0 Å². The van der Waals surface area contributed by atoms with Crippen molar-refractivity contribution < 1.29 is 84.5 Å². The number of halogens is 17. The highest BCUT2D eigenvalue weighted by Gasteiger charge is 2.95. The molecule has 0 heterocycles. The number of aliphatic carboxylic acids is 1. The van der Waals surface area contributed by atoms with Gasteiger partial charge < -0.3 is 11.3 Å². The second-order valence-corrected chi connectivity index (χ2v) is 4.82. The van der Waals surface area contributed by atoms with E-state index < -0.39 is 53.6 Å². The molecule has 0 spiro atoms. The first-order valence-electron chi connectivity index (χ1n) is 5.64. The fourth-order valence-corrected chi connectivity index (χ4v) is 1.30. The van der Waals surface area contributed by atoms with Crippen molar-refractivity contribution in [1.82, 2.24) is 6.15 Å². The van der Waals surface area contributed by atoms with Crippen molar-refractivity contribution >= 4 is 5.97 Å². The first-order chi connectivity index (χ1) is 11.7. The molecular weight excluding hydrogens is 477 g/mol. The van der Waals surface area contributed by atoms with Gasteiger partial charge in [0, 0.05) is 0 Å². The Balaban J connectivity index is 0. The highest BCUT2D eigenvalue weighted by molar-refractivity contribution is 5.77. The van der Waals surface area contributed by atoms with E-state index in [0.29, 0.717) is 0 Å². The number of carboxylic acid groups (broad SMARTS) is 1. The van der Waals surface area contributed by atoms with E-state index in [0.717, 1.165) is 0 Å². The van der Waals surface area contributed by atoms with Crippen LogP contribution < -0.4 is 6.15 Å². The lowest BCUT2D eigenvalue weighted by molar-refractivity contribution is -0.459. The zero-order valence-corrected chi connectivity index (χ0v) is 12.8. The van der Waals surface area contributed by atoms with Crippen molar-refractivity contribution in [2.24, 2.45) is 0 Å². The van der Waals surface area contributed by atoms with Crippen LogP contribution in [-0.4, -0.2) is 58.7 Å². The second kappa shape index (κ2) is 6.89. The molecule has 0 aromatic heterocycles. The van der Waals surface area contributed by atoms with E-state index >= 15 is 0 Å². The number of carboxylic acids is 1. The number of alkyl halides is 17. The number of quaternary nitrogens is 1. The number of hydrogen-bond acceptors (Lipinski definition) is 1. The van der Waals surface area contributed by atoms with Crippen LogP contribution in [0.5, 0.6) is 0 Å². The third-order valence-corrected chi connectivity index (χ3v) is 2.99. The Morgan fingerprint density at radius 2 is 0.655 bits per heavy atom. The van der Waals surface area contributed by atoms with Crippen LogP contribution in [0.25, 0.3) is 0 Å². The summed E-state index contributed by atoms with van der Waals surface area (Å²) in [5.41, 5.74) is 0. The Morgan fingerprint density at radius 3 is 0.862 bits per heavy atom. The highest BCUT2D eigenvalue weighted by Crippen LogP contribution is 2.63. The maximum absolute atomic E-state index is 13.0. The van der Waals surface area contributed by atoms with Gasteiger partial charge >= 0.3 is 53.6 Å². The largest absolute Gasteiger partial charge is 0.477 e. The molecule has 0 aromatic rings. The SMILES string of the molecule is O=C(O)C(F)(F)C(F)(F)C(F)(F)C(F)(F)C(F)(F)C(F)(F)C(F)(F)C(F)(F)F.[NH4+]. The van der Waals surface area contributed by atoms with Crippen molar-refractivity contribution in [2.45, 2.75) is 47.6 Å². The molecule has 0 unspecified atom stereocenters. The average molecular weight is 482 g/mol. The predicted octanol–water partition coefficient (Wildman–Crippen LogP) is 5.46. The van der Waals surface area contributed by atoms with Gasteiger partial charge in [0.2, 0.25) is 0 Å². The molecule has 5 N–H and O–H groups in total. The Bertz CT molecular complexity index is 621. The molecule has 0 saturated carbocycles. The summed E-state index contributed by atoms with van der Waals surface area (Å²) >= 11 is 0. The highest BCUT2D eigenvalue weighted by atomic mass is 19.4. The third-order valence-electron chi connectivity index (χ3n) is 2.99. The summed E-state index contributed by atoms with van der Waals surface area (Å²) in [6.07, 6.45) is -7.83. The normalized spacial score (nSPS) is 15.8. The molecule has 20 heteroatoms. The Labute approximate surface area is 146 Å². The Morgan fingerprint density at radius 1 is 0.448 bits per heavy atom. The summed E-state index contributed by atoms with van der Waals surface area (Å²) in [7, 11) is 0. The molecule has 0 bridgehead atoms. The van der Waals surface area contributed by atoms with Gasteiger partial charge in [-0.05, 0) is 0 Å². The van der Waals surface area contributed by atoms with Crippen molar-refractivity contribution in [1.29, 1.82) is 0 Å². The molecule has 0 aliphatic heterocycles.